The van der Waals surface area contributed by atoms with Crippen molar-refractivity contribution in [1.82, 2.24) is 0 Å². The molecule has 0 spiro atoms. The number of benzene rings is 3. The molecule has 0 bridgehead atoms. The minimum Gasteiger partial charge on any atom is -0.496 e. The van der Waals surface area contributed by atoms with E-state index in [0.29, 0.717) is 15.6 Å². The van der Waals surface area contributed by atoms with E-state index < -0.39 is 22.9 Å². The van der Waals surface area contributed by atoms with E-state index in [1.54, 1.807) is 24.3 Å². The zero-order valence-corrected chi connectivity index (χ0v) is 18.5. The Labute approximate surface area is 196 Å². The summed E-state index contributed by atoms with van der Waals surface area (Å²) in [5, 5.41) is 0.735. The van der Waals surface area contributed by atoms with Crippen molar-refractivity contribution in [3.05, 3.63) is 92.3 Å². The van der Waals surface area contributed by atoms with Crippen molar-refractivity contribution in [1.29, 1.82) is 0 Å². The molecule has 0 atom stereocenters. The van der Waals surface area contributed by atoms with Crippen LogP contribution in [-0.2, 0) is 12.8 Å². The Morgan fingerprint density at radius 1 is 0.970 bits per heavy atom. The van der Waals surface area contributed by atoms with E-state index in [1.807, 2.05) is 0 Å². The maximum atomic E-state index is 13.9. The summed E-state index contributed by atoms with van der Waals surface area (Å²) >= 11 is 12.2. The monoisotopic (exact) mass is 494 g/mol. The molecule has 0 unspecified atom stereocenters. The summed E-state index contributed by atoms with van der Waals surface area (Å²) in [4.78, 5) is 13.2. The lowest BCUT2D eigenvalue weighted by Gasteiger charge is -2.15. The normalized spacial score (nSPS) is 11.6. The van der Waals surface area contributed by atoms with Crippen LogP contribution >= 0.6 is 23.2 Å². The third-order valence-electron chi connectivity index (χ3n) is 4.94. The molecule has 0 N–H and O–H groups in total. The van der Waals surface area contributed by atoms with Gasteiger partial charge in [0, 0.05) is 27.2 Å². The highest BCUT2D eigenvalue weighted by Crippen LogP contribution is 2.40. The first-order chi connectivity index (χ1) is 15.7. The van der Waals surface area contributed by atoms with Crippen LogP contribution in [0.4, 0.5) is 13.2 Å². The van der Waals surface area contributed by atoms with Crippen LogP contribution in [0.1, 0.15) is 11.3 Å². The second-order valence-electron chi connectivity index (χ2n) is 6.98. The predicted molar refractivity (Wildman–Crippen MR) is 120 cm³/mol. The molecule has 0 radical (unpaired) electrons. The first-order valence-corrected chi connectivity index (χ1v) is 10.3. The van der Waals surface area contributed by atoms with Crippen LogP contribution < -0.4 is 14.9 Å². The van der Waals surface area contributed by atoms with Gasteiger partial charge in [0.1, 0.15) is 23.7 Å². The van der Waals surface area contributed by atoms with E-state index in [1.165, 1.54) is 43.5 Å². The summed E-state index contributed by atoms with van der Waals surface area (Å²) < 4.78 is 57.7. The fourth-order valence-corrected chi connectivity index (χ4v) is 3.89. The quantitative estimate of drug-likeness (QED) is 0.290. The van der Waals surface area contributed by atoms with Crippen molar-refractivity contribution in [2.24, 2.45) is 0 Å². The zero-order valence-electron chi connectivity index (χ0n) is 17.0. The van der Waals surface area contributed by atoms with Gasteiger partial charge in [-0.05, 0) is 30.3 Å². The summed E-state index contributed by atoms with van der Waals surface area (Å²) in [5.74, 6) is -1.12. The summed E-state index contributed by atoms with van der Waals surface area (Å²) in [5.41, 5.74) is -1.23. The Bertz CT molecular complexity index is 1380. The molecular formula is C24H15Cl2F3O4. The largest absolute Gasteiger partial charge is 0.496 e. The van der Waals surface area contributed by atoms with Crippen molar-refractivity contribution in [2.75, 3.05) is 7.11 Å². The Hall–Kier alpha value is -3.16. The van der Waals surface area contributed by atoms with Crippen LogP contribution in [0.3, 0.4) is 0 Å². The van der Waals surface area contributed by atoms with Crippen molar-refractivity contribution in [3.63, 3.8) is 0 Å². The number of fused-ring (bicyclic) bond motifs is 1. The number of hydrogen-bond acceptors (Lipinski definition) is 4. The van der Waals surface area contributed by atoms with E-state index >= 15 is 0 Å². The van der Waals surface area contributed by atoms with Crippen LogP contribution in [0, 0.1) is 0 Å². The number of alkyl halides is 3. The lowest BCUT2D eigenvalue weighted by Crippen LogP contribution is -2.16. The average molecular weight is 495 g/mol. The smallest absolute Gasteiger partial charge is 0.450 e. The highest BCUT2D eigenvalue weighted by atomic mass is 35.5. The third kappa shape index (κ3) is 4.51. The van der Waals surface area contributed by atoms with Gasteiger partial charge >= 0.3 is 6.18 Å². The van der Waals surface area contributed by atoms with Gasteiger partial charge in [-0.1, -0.05) is 47.5 Å². The number of methoxy groups -OCH3 is 1. The Morgan fingerprint density at radius 2 is 1.67 bits per heavy atom. The van der Waals surface area contributed by atoms with Gasteiger partial charge in [0.05, 0.1) is 18.1 Å². The molecule has 0 aliphatic rings. The van der Waals surface area contributed by atoms with E-state index in [2.05, 4.69) is 0 Å². The van der Waals surface area contributed by atoms with Gasteiger partial charge in [0.25, 0.3) is 0 Å². The highest BCUT2D eigenvalue weighted by Gasteiger charge is 2.40. The number of para-hydroxylation sites is 1. The van der Waals surface area contributed by atoms with Gasteiger partial charge in [-0.15, -0.1) is 0 Å². The minimum absolute atomic E-state index is 0.0170. The summed E-state index contributed by atoms with van der Waals surface area (Å²) in [7, 11) is 1.31. The van der Waals surface area contributed by atoms with E-state index in [9.17, 15) is 18.0 Å². The summed E-state index contributed by atoms with van der Waals surface area (Å²) in [6.07, 6.45) is -4.93. The molecule has 4 aromatic rings. The average Bonchev–Trinajstić information content (AvgIpc) is 2.78. The van der Waals surface area contributed by atoms with Crippen LogP contribution in [-0.4, -0.2) is 7.11 Å². The van der Waals surface area contributed by atoms with Crippen LogP contribution in [0.5, 0.6) is 11.5 Å². The SMILES string of the molecule is COc1ccccc1-c1c(C(F)(F)F)oc2cc(OCc3c(Cl)cccc3Cl)ccc2c1=O. The number of hydrogen-bond donors (Lipinski definition) is 0. The van der Waals surface area contributed by atoms with E-state index in [0.717, 1.165) is 0 Å². The summed E-state index contributed by atoms with van der Waals surface area (Å²) in [6, 6.07) is 14.9. The van der Waals surface area contributed by atoms with Gasteiger partial charge in [-0.3, -0.25) is 4.79 Å². The Morgan fingerprint density at radius 3 is 2.33 bits per heavy atom. The molecule has 0 saturated heterocycles. The highest BCUT2D eigenvalue weighted by molar-refractivity contribution is 6.35. The van der Waals surface area contributed by atoms with Crippen molar-refractivity contribution >= 4 is 34.2 Å². The molecule has 1 aromatic heterocycles. The number of rotatable bonds is 5. The maximum Gasteiger partial charge on any atom is 0.450 e. The molecule has 33 heavy (non-hydrogen) atoms. The zero-order chi connectivity index (χ0) is 23.8. The van der Waals surface area contributed by atoms with Crippen molar-refractivity contribution in [2.45, 2.75) is 12.8 Å². The molecule has 0 saturated carbocycles. The van der Waals surface area contributed by atoms with Crippen LogP contribution in [0.25, 0.3) is 22.1 Å². The molecule has 9 heteroatoms. The molecule has 0 aliphatic carbocycles. The maximum absolute atomic E-state index is 13.9. The molecule has 0 amide bonds. The Kier molecular flexibility index (Phi) is 6.28. The fraction of sp³-hybridized carbons (Fsp3) is 0.125. The molecule has 4 nitrogen and oxygen atoms in total. The third-order valence-corrected chi connectivity index (χ3v) is 5.65. The Balaban J connectivity index is 1.83. The molecule has 4 rings (SSSR count). The molecule has 3 aromatic carbocycles. The first kappa shape index (κ1) is 23.0. The molecule has 170 valence electrons. The molecule has 0 fully saturated rings. The summed E-state index contributed by atoms with van der Waals surface area (Å²) in [6.45, 7) is -0.0281. The predicted octanol–water partition coefficient (Wildman–Crippen LogP) is 7.37. The number of ether oxygens (including phenoxy) is 2. The first-order valence-electron chi connectivity index (χ1n) is 9.58. The van der Waals surface area contributed by atoms with Crippen molar-refractivity contribution < 1.29 is 27.1 Å². The van der Waals surface area contributed by atoms with Crippen molar-refractivity contribution in [3.8, 4) is 22.6 Å². The lowest BCUT2D eigenvalue weighted by molar-refractivity contribution is -0.152. The van der Waals surface area contributed by atoms with Gasteiger partial charge in [0.2, 0.25) is 11.2 Å². The van der Waals surface area contributed by atoms with Crippen LogP contribution in [0.15, 0.2) is 69.9 Å². The molecular weight excluding hydrogens is 480 g/mol. The van der Waals surface area contributed by atoms with Gasteiger partial charge in [0.15, 0.2) is 0 Å². The van der Waals surface area contributed by atoms with Gasteiger partial charge < -0.3 is 13.9 Å². The second-order valence-corrected chi connectivity index (χ2v) is 7.79. The van der Waals surface area contributed by atoms with E-state index in [-0.39, 0.29) is 34.6 Å². The van der Waals surface area contributed by atoms with Gasteiger partial charge in [-0.2, -0.15) is 13.2 Å². The number of halogens is 5. The standard InChI is InChI=1S/C24H15Cl2F3O4/c1-31-19-8-3-2-5-14(19)21-22(30)15-10-9-13(11-20(15)33-23(21)24(27,28)29)32-12-16-17(25)6-4-7-18(16)26/h2-11H,12H2,1H3. The second kappa shape index (κ2) is 9.00. The topological polar surface area (TPSA) is 48.7 Å². The molecule has 1 heterocycles. The van der Waals surface area contributed by atoms with E-state index in [4.69, 9.17) is 37.1 Å². The minimum atomic E-state index is -4.93. The lowest BCUT2D eigenvalue weighted by atomic mass is 10.0. The molecule has 0 aliphatic heterocycles. The van der Waals surface area contributed by atoms with Gasteiger partial charge in [-0.25, -0.2) is 0 Å². The fourth-order valence-electron chi connectivity index (χ4n) is 3.38. The van der Waals surface area contributed by atoms with Crippen LogP contribution in [0.2, 0.25) is 10.0 Å².